The Balaban J connectivity index is 2.08. The van der Waals surface area contributed by atoms with Crippen LogP contribution < -0.4 is 5.73 Å². The summed E-state index contributed by atoms with van der Waals surface area (Å²) >= 11 is 3.36. The fourth-order valence-corrected chi connectivity index (χ4v) is 2.32. The minimum Gasteiger partial charge on any atom is -0.337 e. The number of carbonyl (C=O) groups excluding carboxylic acids is 1. The third-order valence-electron chi connectivity index (χ3n) is 3.39. The molecule has 17 heavy (non-hydrogen) atoms. The Morgan fingerprint density at radius 1 is 1.41 bits per heavy atom. The van der Waals surface area contributed by atoms with Gasteiger partial charge in [0.15, 0.2) is 0 Å². The first-order chi connectivity index (χ1) is 8.08. The minimum absolute atomic E-state index is 0.0832. The van der Waals surface area contributed by atoms with Gasteiger partial charge < -0.3 is 10.6 Å². The van der Waals surface area contributed by atoms with Gasteiger partial charge in [0, 0.05) is 29.2 Å². The van der Waals surface area contributed by atoms with Crippen LogP contribution in [0.2, 0.25) is 0 Å². The monoisotopic (exact) mass is 296 g/mol. The van der Waals surface area contributed by atoms with Crippen molar-refractivity contribution in [2.24, 2.45) is 11.7 Å². The highest BCUT2D eigenvalue weighted by Gasteiger charge is 2.26. The molecule has 1 heterocycles. The molecule has 4 heteroatoms. The average Bonchev–Trinajstić information content (AvgIpc) is 2.33. The van der Waals surface area contributed by atoms with Crippen molar-refractivity contribution in [2.45, 2.75) is 19.4 Å². The van der Waals surface area contributed by atoms with Crippen molar-refractivity contribution in [1.82, 2.24) is 4.90 Å². The van der Waals surface area contributed by atoms with Gasteiger partial charge in [-0.25, -0.2) is 0 Å². The van der Waals surface area contributed by atoms with Gasteiger partial charge >= 0.3 is 0 Å². The molecule has 1 aromatic carbocycles. The van der Waals surface area contributed by atoms with Gasteiger partial charge in [0.2, 0.25) is 0 Å². The van der Waals surface area contributed by atoms with Crippen molar-refractivity contribution in [3.05, 3.63) is 34.3 Å². The Kier molecular flexibility index (Phi) is 3.84. The predicted molar refractivity (Wildman–Crippen MR) is 71.8 cm³/mol. The molecule has 0 saturated carbocycles. The van der Waals surface area contributed by atoms with Crippen LogP contribution in [0.3, 0.4) is 0 Å². The zero-order valence-corrected chi connectivity index (χ0v) is 11.5. The van der Waals surface area contributed by atoms with Gasteiger partial charge in [0.1, 0.15) is 0 Å². The number of nitrogens with zero attached hydrogens (tertiary/aromatic N) is 1. The number of hydrogen-bond donors (Lipinski definition) is 1. The fourth-order valence-electron chi connectivity index (χ4n) is 2.06. The van der Waals surface area contributed by atoms with Crippen LogP contribution in [0, 0.1) is 5.92 Å². The van der Waals surface area contributed by atoms with Crippen LogP contribution >= 0.6 is 15.9 Å². The van der Waals surface area contributed by atoms with E-state index in [1.54, 1.807) is 0 Å². The third kappa shape index (κ3) is 2.87. The number of benzene rings is 1. The predicted octanol–water partition coefficient (Wildman–Crippen LogP) is 2.26. The summed E-state index contributed by atoms with van der Waals surface area (Å²) in [4.78, 5) is 14.1. The molecular formula is C13H17BrN2O. The van der Waals surface area contributed by atoms with Gasteiger partial charge in [-0.15, -0.1) is 0 Å². The summed E-state index contributed by atoms with van der Waals surface area (Å²) in [6.45, 7) is 3.62. The van der Waals surface area contributed by atoms with Crippen molar-refractivity contribution >= 4 is 21.8 Å². The first-order valence-electron chi connectivity index (χ1n) is 5.88. The topological polar surface area (TPSA) is 46.3 Å². The SMILES string of the molecule is CC1CCN(C(=O)c2ccc(Br)cc2)CC1N. The normalized spacial score (nSPS) is 24.8. The highest BCUT2D eigenvalue weighted by atomic mass is 79.9. The average molecular weight is 297 g/mol. The molecule has 1 aliphatic heterocycles. The molecule has 1 amide bonds. The number of likely N-dealkylation sites (tertiary alicyclic amines) is 1. The summed E-state index contributed by atoms with van der Waals surface area (Å²) < 4.78 is 0.984. The largest absolute Gasteiger partial charge is 0.337 e. The van der Waals surface area contributed by atoms with E-state index in [0.29, 0.717) is 12.5 Å². The first-order valence-corrected chi connectivity index (χ1v) is 6.67. The van der Waals surface area contributed by atoms with Crippen LogP contribution in [0.15, 0.2) is 28.7 Å². The molecule has 0 bridgehead atoms. The van der Waals surface area contributed by atoms with Crippen molar-refractivity contribution in [3.8, 4) is 0 Å². The second-order valence-corrected chi connectivity index (χ2v) is 5.60. The lowest BCUT2D eigenvalue weighted by Gasteiger charge is -2.35. The van der Waals surface area contributed by atoms with E-state index < -0.39 is 0 Å². The Labute approximate surface area is 110 Å². The zero-order chi connectivity index (χ0) is 12.4. The van der Waals surface area contributed by atoms with Crippen LogP contribution in [-0.4, -0.2) is 29.9 Å². The molecular weight excluding hydrogens is 280 g/mol. The van der Waals surface area contributed by atoms with Gasteiger partial charge in [-0.05, 0) is 36.6 Å². The maximum atomic E-state index is 12.2. The molecule has 2 N–H and O–H groups in total. The standard InChI is InChI=1S/C13H17BrN2O/c1-9-6-7-16(8-12(9)15)13(17)10-2-4-11(14)5-3-10/h2-5,9,12H,6-8,15H2,1H3. The molecule has 92 valence electrons. The van der Waals surface area contributed by atoms with Gasteiger partial charge in [-0.2, -0.15) is 0 Å². The number of rotatable bonds is 1. The van der Waals surface area contributed by atoms with E-state index in [1.165, 1.54) is 0 Å². The van der Waals surface area contributed by atoms with Crippen LogP contribution in [-0.2, 0) is 0 Å². The smallest absolute Gasteiger partial charge is 0.253 e. The van der Waals surface area contributed by atoms with Gasteiger partial charge in [0.25, 0.3) is 5.91 Å². The van der Waals surface area contributed by atoms with Crippen molar-refractivity contribution in [2.75, 3.05) is 13.1 Å². The molecule has 1 saturated heterocycles. The van der Waals surface area contributed by atoms with Crippen LogP contribution in [0.5, 0.6) is 0 Å². The highest BCUT2D eigenvalue weighted by molar-refractivity contribution is 9.10. The van der Waals surface area contributed by atoms with E-state index in [1.807, 2.05) is 29.2 Å². The third-order valence-corrected chi connectivity index (χ3v) is 3.92. The number of carbonyl (C=O) groups is 1. The number of piperidine rings is 1. The van der Waals surface area contributed by atoms with E-state index in [9.17, 15) is 4.79 Å². The lowest BCUT2D eigenvalue weighted by atomic mass is 9.94. The van der Waals surface area contributed by atoms with E-state index in [4.69, 9.17) is 5.73 Å². The molecule has 1 aliphatic rings. The van der Waals surface area contributed by atoms with Gasteiger partial charge in [-0.1, -0.05) is 22.9 Å². The Hall–Kier alpha value is -0.870. The Morgan fingerprint density at radius 3 is 2.65 bits per heavy atom. The number of nitrogens with two attached hydrogens (primary N) is 1. The molecule has 0 aromatic heterocycles. The van der Waals surface area contributed by atoms with Crippen LogP contribution in [0.25, 0.3) is 0 Å². The molecule has 1 aromatic rings. The summed E-state index contributed by atoms with van der Waals surface area (Å²) in [7, 11) is 0. The van der Waals surface area contributed by atoms with Crippen molar-refractivity contribution < 1.29 is 4.79 Å². The highest BCUT2D eigenvalue weighted by Crippen LogP contribution is 2.18. The van der Waals surface area contributed by atoms with Crippen LogP contribution in [0.1, 0.15) is 23.7 Å². The quantitative estimate of drug-likeness (QED) is 0.864. The van der Waals surface area contributed by atoms with Gasteiger partial charge in [-0.3, -0.25) is 4.79 Å². The maximum absolute atomic E-state index is 12.2. The fraction of sp³-hybridized carbons (Fsp3) is 0.462. The van der Waals surface area contributed by atoms with E-state index in [-0.39, 0.29) is 11.9 Å². The molecule has 3 nitrogen and oxygen atoms in total. The van der Waals surface area contributed by atoms with E-state index >= 15 is 0 Å². The lowest BCUT2D eigenvalue weighted by molar-refractivity contribution is 0.0672. The molecule has 2 rings (SSSR count). The molecule has 1 fully saturated rings. The summed E-state index contributed by atoms with van der Waals surface area (Å²) in [5.74, 6) is 0.587. The number of halogens is 1. The molecule has 2 unspecified atom stereocenters. The summed E-state index contributed by atoms with van der Waals surface area (Å²) in [5.41, 5.74) is 6.74. The van der Waals surface area contributed by atoms with E-state index in [0.717, 1.165) is 23.0 Å². The summed E-state index contributed by atoms with van der Waals surface area (Å²) in [6.07, 6.45) is 0.990. The number of amides is 1. The number of hydrogen-bond acceptors (Lipinski definition) is 2. The zero-order valence-electron chi connectivity index (χ0n) is 9.90. The Bertz CT molecular complexity index is 404. The molecule has 2 atom stereocenters. The van der Waals surface area contributed by atoms with Crippen LogP contribution in [0.4, 0.5) is 0 Å². The molecule has 0 aliphatic carbocycles. The maximum Gasteiger partial charge on any atom is 0.253 e. The Morgan fingerprint density at radius 2 is 2.06 bits per heavy atom. The van der Waals surface area contributed by atoms with Crippen molar-refractivity contribution in [1.29, 1.82) is 0 Å². The molecule has 0 radical (unpaired) electrons. The second-order valence-electron chi connectivity index (χ2n) is 4.69. The van der Waals surface area contributed by atoms with Crippen molar-refractivity contribution in [3.63, 3.8) is 0 Å². The molecule has 0 spiro atoms. The van der Waals surface area contributed by atoms with Gasteiger partial charge in [0.05, 0.1) is 0 Å². The second kappa shape index (κ2) is 5.19. The summed E-state index contributed by atoms with van der Waals surface area (Å²) in [5, 5.41) is 0. The summed E-state index contributed by atoms with van der Waals surface area (Å²) in [6, 6.07) is 7.56. The van der Waals surface area contributed by atoms with E-state index in [2.05, 4.69) is 22.9 Å². The lowest BCUT2D eigenvalue weighted by Crippen LogP contribution is -2.49. The first kappa shape index (κ1) is 12.6. The minimum atomic E-state index is 0.0832.